The fourth-order valence-corrected chi connectivity index (χ4v) is 2.46. The number of ether oxygens (including phenoxy) is 1. The lowest BCUT2D eigenvalue weighted by Crippen LogP contribution is -2.47. The normalized spacial score (nSPS) is 19.3. The highest BCUT2D eigenvalue weighted by Crippen LogP contribution is 2.20. The Morgan fingerprint density at radius 2 is 2.32 bits per heavy atom. The van der Waals surface area contributed by atoms with Crippen LogP contribution in [0.1, 0.15) is 32.8 Å². The van der Waals surface area contributed by atoms with Crippen molar-refractivity contribution in [3.8, 4) is 0 Å². The molecule has 0 bridgehead atoms. The molecule has 1 aliphatic heterocycles. The van der Waals surface area contributed by atoms with Crippen molar-refractivity contribution in [2.24, 2.45) is 0 Å². The third-order valence-electron chi connectivity index (χ3n) is 3.33. The fourth-order valence-electron chi connectivity index (χ4n) is 2.46. The van der Waals surface area contributed by atoms with Crippen molar-refractivity contribution in [3.05, 3.63) is 23.9 Å². The first kappa shape index (κ1) is 14.3. The van der Waals surface area contributed by atoms with Gasteiger partial charge in [-0.1, -0.05) is 13.0 Å². The van der Waals surface area contributed by atoms with Crippen molar-refractivity contribution in [1.82, 2.24) is 9.88 Å². The second-order valence-corrected chi connectivity index (χ2v) is 5.76. The first-order valence-corrected chi connectivity index (χ1v) is 7.15. The summed E-state index contributed by atoms with van der Waals surface area (Å²) < 4.78 is 5.76. The molecule has 0 spiro atoms. The van der Waals surface area contributed by atoms with E-state index in [1.165, 1.54) is 5.56 Å². The van der Waals surface area contributed by atoms with Gasteiger partial charge in [0.2, 0.25) is 0 Å². The predicted molar refractivity (Wildman–Crippen MR) is 78.3 cm³/mol. The van der Waals surface area contributed by atoms with Gasteiger partial charge in [0.15, 0.2) is 0 Å². The van der Waals surface area contributed by atoms with E-state index in [4.69, 9.17) is 4.74 Å². The van der Waals surface area contributed by atoms with Gasteiger partial charge in [-0.3, -0.25) is 4.90 Å². The van der Waals surface area contributed by atoms with E-state index >= 15 is 0 Å². The number of rotatable bonds is 5. The smallest absolute Gasteiger partial charge is 0.130 e. The summed E-state index contributed by atoms with van der Waals surface area (Å²) in [4.78, 5) is 6.89. The van der Waals surface area contributed by atoms with Crippen LogP contribution in [0.4, 0.5) is 5.82 Å². The van der Waals surface area contributed by atoms with E-state index < -0.39 is 0 Å². The van der Waals surface area contributed by atoms with Crippen molar-refractivity contribution in [1.29, 1.82) is 0 Å². The Hall–Kier alpha value is -1.13. The molecule has 2 rings (SSSR count). The van der Waals surface area contributed by atoms with E-state index in [1.54, 1.807) is 0 Å². The molecule has 0 aromatic carbocycles. The van der Waals surface area contributed by atoms with Crippen LogP contribution in [0.2, 0.25) is 0 Å². The number of nitrogens with zero attached hydrogens (tertiary/aromatic N) is 2. The van der Waals surface area contributed by atoms with Crippen LogP contribution in [0.3, 0.4) is 0 Å². The number of anilines is 1. The molecule has 0 unspecified atom stereocenters. The van der Waals surface area contributed by atoms with E-state index in [1.807, 2.05) is 12.3 Å². The van der Waals surface area contributed by atoms with Crippen molar-refractivity contribution in [3.63, 3.8) is 0 Å². The fraction of sp³-hybridized carbons (Fsp3) is 0.667. The first-order chi connectivity index (χ1) is 9.11. The van der Waals surface area contributed by atoms with Crippen LogP contribution in [-0.4, -0.2) is 41.7 Å². The topological polar surface area (TPSA) is 37.4 Å². The molecule has 1 aromatic rings. The summed E-state index contributed by atoms with van der Waals surface area (Å²) in [6, 6.07) is 4.17. The van der Waals surface area contributed by atoms with Gasteiger partial charge in [-0.2, -0.15) is 0 Å². The number of nitrogens with one attached hydrogen (secondary N) is 1. The Bertz CT molecular complexity index is 406. The summed E-state index contributed by atoms with van der Waals surface area (Å²) in [6.45, 7) is 11.1. The third kappa shape index (κ3) is 4.18. The highest BCUT2D eigenvalue weighted by Gasteiger charge is 2.27. The average molecular weight is 263 g/mol. The van der Waals surface area contributed by atoms with E-state index in [9.17, 15) is 0 Å². The monoisotopic (exact) mass is 263 g/mol. The van der Waals surface area contributed by atoms with Crippen molar-refractivity contribution < 1.29 is 4.74 Å². The Labute approximate surface area is 116 Å². The lowest BCUT2D eigenvalue weighted by molar-refractivity contribution is -0.0882. The molecule has 0 radical (unpaired) electrons. The van der Waals surface area contributed by atoms with Crippen LogP contribution < -0.4 is 5.32 Å². The maximum atomic E-state index is 5.76. The molecule has 0 saturated carbocycles. The number of hydrogen-bond donors (Lipinski definition) is 1. The van der Waals surface area contributed by atoms with E-state index in [0.29, 0.717) is 0 Å². The Balaban J connectivity index is 2.02. The quantitative estimate of drug-likeness (QED) is 0.886. The standard InChI is InChI=1S/C15H25N3O/c1-4-7-16-14-13(6-5-8-17-14)11-18-9-10-19-15(2,3)12-18/h5-6,8H,4,7,9-12H2,1-3H3,(H,16,17). The molecule has 1 N–H and O–H groups in total. The van der Waals surface area contributed by atoms with Crippen molar-refractivity contribution >= 4 is 5.82 Å². The molecule has 1 aromatic heterocycles. The van der Waals surface area contributed by atoms with Crippen molar-refractivity contribution in [2.75, 3.05) is 31.6 Å². The lowest BCUT2D eigenvalue weighted by atomic mass is 10.1. The minimum atomic E-state index is -0.0442. The van der Waals surface area contributed by atoms with Gasteiger partial charge >= 0.3 is 0 Å². The molecular weight excluding hydrogens is 238 g/mol. The summed E-state index contributed by atoms with van der Waals surface area (Å²) in [5, 5.41) is 3.40. The summed E-state index contributed by atoms with van der Waals surface area (Å²) in [7, 11) is 0. The van der Waals surface area contributed by atoms with Crippen LogP contribution in [0, 0.1) is 0 Å². The van der Waals surface area contributed by atoms with Gasteiger partial charge in [-0.05, 0) is 26.3 Å². The third-order valence-corrected chi connectivity index (χ3v) is 3.33. The Kier molecular flexibility index (Phi) is 4.77. The Morgan fingerprint density at radius 3 is 3.05 bits per heavy atom. The molecule has 1 aliphatic rings. The molecule has 2 heterocycles. The number of aromatic nitrogens is 1. The zero-order chi connectivity index (χ0) is 13.7. The maximum Gasteiger partial charge on any atom is 0.130 e. The molecular formula is C15H25N3O. The summed E-state index contributed by atoms with van der Waals surface area (Å²) >= 11 is 0. The van der Waals surface area contributed by atoms with E-state index in [2.05, 4.69) is 42.0 Å². The molecule has 0 amide bonds. The van der Waals surface area contributed by atoms with Gasteiger partial charge in [-0.25, -0.2) is 4.98 Å². The molecule has 1 saturated heterocycles. The molecule has 0 aliphatic carbocycles. The average Bonchev–Trinajstić information content (AvgIpc) is 2.36. The molecule has 4 nitrogen and oxygen atoms in total. The minimum absolute atomic E-state index is 0.0442. The molecule has 0 atom stereocenters. The largest absolute Gasteiger partial charge is 0.373 e. The van der Waals surface area contributed by atoms with Crippen LogP contribution >= 0.6 is 0 Å². The van der Waals surface area contributed by atoms with Gasteiger partial charge in [0.05, 0.1) is 12.2 Å². The number of morpholine rings is 1. The van der Waals surface area contributed by atoms with Gasteiger partial charge in [0.1, 0.15) is 5.82 Å². The summed E-state index contributed by atoms with van der Waals surface area (Å²) in [6.07, 6.45) is 2.96. The van der Waals surface area contributed by atoms with Gasteiger partial charge in [0, 0.05) is 37.9 Å². The summed E-state index contributed by atoms with van der Waals surface area (Å²) in [5.41, 5.74) is 1.23. The maximum absolute atomic E-state index is 5.76. The predicted octanol–water partition coefficient (Wildman–Crippen LogP) is 2.51. The van der Waals surface area contributed by atoms with Crippen LogP contribution in [0.15, 0.2) is 18.3 Å². The zero-order valence-corrected chi connectivity index (χ0v) is 12.3. The Morgan fingerprint density at radius 1 is 1.47 bits per heavy atom. The molecule has 106 valence electrons. The minimum Gasteiger partial charge on any atom is -0.373 e. The first-order valence-electron chi connectivity index (χ1n) is 7.15. The molecule has 4 heteroatoms. The van der Waals surface area contributed by atoms with E-state index in [-0.39, 0.29) is 5.60 Å². The number of pyridine rings is 1. The molecule has 19 heavy (non-hydrogen) atoms. The van der Waals surface area contributed by atoms with Crippen molar-refractivity contribution in [2.45, 2.75) is 39.3 Å². The summed E-state index contributed by atoms with van der Waals surface area (Å²) in [5.74, 6) is 1.02. The van der Waals surface area contributed by atoms with Crippen LogP contribution in [0.5, 0.6) is 0 Å². The lowest BCUT2D eigenvalue weighted by Gasteiger charge is -2.38. The van der Waals surface area contributed by atoms with Gasteiger partial charge in [0.25, 0.3) is 0 Å². The second kappa shape index (κ2) is 6.35. The van der Waals surface area contributed by atoms with Crippen LogP contribution in [-0.2, 0) is 11.3 Å². The van der Waals surface area contributed by atoms with E-state index in [0.717, 1.165) is 45.0 Å². The highest BCUT2D eigenvalue weighted by atomic mass is 16.5. The second-order valence-electron chi connectivity index (χ2n) is 5.76. The SMILES string of the molecule is CCCNc1ncccc1CN1CCOC(C)(C)C1. The van der Waals surface area contributed by atoms with Gasteiger partial charge in [-0.15, -0.1) is 0 Å². The highest BCUT2D eigenvalue weighted by molar-refractivity contribution is 5.43. The van der Waals surface area contributed by atoms with Gasteiger partial charge < -0.3 is 10.1 Å². The molecule has 1 fully saturated rings. The number of hydrogen-bond acceptors (Lipinski definition) is 4. The van der Waals surface area contributed by atoms with Crippen LogP contribution in [0.25, 0.3) is 0 Å². The zero-order valence-electron chi connectivity index (χ0n) is 12.3.